The van der Waals surface area contributed by atoms with Crippen molar-refractivity contribution in [2.75, 3.05) is 10.6 Å². The fourth-order valence-corrected chi connectivity index (χ4v) is 3.00. The minimum absolute atomic E-state index is 0. The van der Waals surface area contributed by atoms with Crippen LogP contribution in [0.2, 0.25) is 0 Å². The predicted molar refractivity (Wildman–Crippen MR) is 102 cm³/mol. The molecular weight excluding hydrogens is 357 g/mol. The van der Waals surface area contributed by atoms with Crippen molar-refractivity contribution < 1.29 is 14.0 Å². The molecule has 2 aromatic rings. The zero-order chi connectivity index (χ0) is 17.9. The van der Waals surface area contributed by atoms with Gasteiger partial charge in [-0.3, -0.25) is 9.59 Å². The van der Waals surface area contributed by atoms with Gasteiger partial charge in [-0.25, -0.2) is 4.39 Å². The van der Waals surface area contributed by atoms with E-state index in [1.807, 2.05) is 0 Å². The fourth-order valence-electron chi connectivity index (χ4n) is 3.00. The quantitative estimate of drug-likeness (QED) is 0.759. The number of benzene rings is 2. The van der Waals surface area contributed by atoms with Crippen molar-refractivity contribution in [2.24, 2.45) is 5.73 Å². The summed E-state index contributed by atoms with van der Waals surface area (Å²) in [6.45, 7) is 0. The van der Waals surface area contributed by atoms with Crippen LogP contribution >= 0.6 is 12.4 Å². The Balaban J connectivity index is 0.00000243. The smallest absolute Gasteiger partial charge is 0.255 e. The molecule has 1 fully saturated rings. The Bertz CT molecular complexity index is 807. The second-order valence-electron chi connectivity index (χ2n) is 6.36. The summed E-state index contributed by atoms with van der Waals surface area (Å²) in [5.41, 5.74) is 6.54. The number of amides is 2. The van der Waals surface area contributed by atoms with Crippen LogP contribution in [0.5, 0.6) is 0 Å². The van der Waals surface area contributed by atoms with Crippen molar-refractivity contribution in [1.29, 1.82) is 0 Å². The molecule has 2 aromatic carbocycles. The minimum atomic E-state index is -0.834. The van der Waals surface area contributed by atoms with Gasteiger partial charge in [0.25, 0.3) is 5.91 Å². The van der Waals surface area contributed by atoms with Crippen LogP contribution in [0.25, 0.3) is 0 Å². The van der Waals surface area contributed by atoms with Gasteiger partial charge in [-0.1, -0.05) is 25.0 Å². The maximum Gasteiger partial charge on any atom is 0.255 e. The van der Waals surface area contributed by atoms with Gasteiger partial charge < -0.3 is 16.4 Å². The van der Waals surface area contributed by atoms with Crippen LogP contribution < -0.4 is 16.4 Å². The summed E-state index contributed by atoms with van der Waals surface area (Å²) in [6.07, 6.45) is 3.22. The first-order valence-electron chi connectivity index (χ1n) is 8.24. The molecule has 0 heterocycles. The van der Waals surface area contributed by atoms with E-state index in [-0.39, 0.29) is 24.2 Å². The molecule has 3 rings (SSSR count). The van der Waals surface area contributed by atoms with E-state index in [9.17, 15) is 14.0 Å². The molecule has 138 valence electrons. The molecule has 1 aliphatic rings. The molecule has 5 nitrogen and oxygen atoms in total. The lowest BCUT2D eigenvalue weighted by atomic mass is 9.98. The van der Waals surface area contributed by atoms with Crippen molar-refractivity contribution >= 4 is 35.6 Å². The zero-order valence-electron chi connectivity index (χ0n) is 14.1. The predicted octanol–water partition coefficient (Wildman–Crippen LogP) is 3.71. The molecule has 0 aromatic heterocycles. The van der Waals surface area contributed by atoms with Gasteiger partial charge in [-0.15, -0.1) is 12.4 Å². The highest BCUT2D eigenvalue weighted by atomic mass is 35.5. The highest BCUT2D eigenvalue weighted by molar-refractivity contribution is 6.05. The molecule has 2 amide bonds. The standard InChI is InChI=1S/C19H20FN3O2.ClH/c20-14-6-4-8-16(12-14)22-17(24)13-5-3-7-15(11-13)23-18(25)19(21)9-1-2-10-19;/h3-8,11-12H,1-2,9-10,21H2,(H,22,24)(H,23,25);1H. The minimum Gasteiger partial charge on any atom is -0.324 e. The average Bonchev–Trinajstić information content (AvgIpc) is 3.03. The number of nitrogens with two attached hydrogens (primary N) is 1. The van der Waals surface area contributed by atoms with Crippen LogP contribution in [0.15, 0.2) is 48.5 Å². The van der Waals surface area contributed by atoms with E-state index < -0.39 is 11.4 Å². The topological polar surface area (TPSA) is 84.2 Å². The van der Waals surface area contributed by atoms with E-state index in [0.29, 0.717) is 29.8 Å². The number of nitrogens with one attached hydrogen (secondary N) is 2. The number of hydrogen-bond acceptors (Lipinski definition) is 3. The summed E-state index contributed by atoms with van der Waals surface area (Å²) < 4.78 is 13.2. The van der Waals surface area contributed by atoms with E-state index >= 15 is 0 Å². The molecule has 4 N–H and O–H groups in total. The summed E-state index contributed by atoms with van der Waals surface area (Å²) in [5, 5.41) is 5.41. The maximum atomic E-state index is 13.2. The first kappa shape index (κ1) is 19.9. The Morgan fingerprint density at radius 1 is 0.962 bits per heavy atom. The summed E-state index contributed by atoms with van der Waals surface area (Å²) in [4.78, 5) is 24.7. The number of carbonyl (C=O) groups is 2. The summed E-state index contributed by atoms with van der Waals surface area (Å²) in [7, 11) is 0. The monoisotopic (exact) mass is 377 g/mol. The Kier molecular flexibility index (Phi) is 6.34. The number of carbonyl (C=O) groups excluding carboxylic acids is 2. The largest absolute Gasteiger partial charge is 0.324 e. The van der Waals surface area contributed by atoms with Crippen molar-refractivity contribution in [3.05, 3.63) is 59.9 Å². The third-order valence-electron chi connectivity index (χ3n) is 4.41. The Hall–Kier alpha value is -2.44. The maximum absolute atomic E-state index is 13.2. The van der Waals surface area contributed by atoms with Gasteiger partial charge in [-0.2, -0.15) is 0 Å². The van der Waals surface area contributed by atoms with Gasteiger partial charge in [0.2, 0.25) is 5.91 Å². The second-order valence-corrected chi connectivity index (χ2v) is 6.36. The van der Waals surface area contributed by atoms with Crippen LogP contribution in [0.1, 0.15) is 36.0 Å². The van der Waals surface area contributed by atoms with Crippen molar-refractivity contribution in [3.63, 3.8) is 0 Å². The van der Waals surface area contributed by atoms with E-state index in [4.69, 9.17) is 5.73 Å². The lowest BCUT2D eigenvalue weighted by Gasteiger charge is -2.22. The molecule has 1 saturated carbocycles. The normalized spacial score (nSPS) is 15.0. The molecule has 0 bridgehead atoms. The van der Waals surface area contributed by atoms with Crippen LogP contribution in [0.3, 0.4) is 0 Å². The van der Waals surface area contributed by atoms with E-state index in [0.717, 1.165) is 12.8 Å². The average molecular weight is 378 g/mol. The molecule has 0 radical (unpaired) electrons. The van der Waals surface area contributed by atoms with Crippen molar-refractivity contribution in [1.82, 2.24) is 0 Å². The zero-order valence-corrected chi connectivity index (χ0v) is 14.9. The number of anilines is 2. The van der Waals surface area contributed by atoms with E-state index in [1.54, 1.807) is 30.3 Å². The van der Waals surface area contributed by atoms with Crippen LogP contribution in [0.4, 0.5) is 15.8 Å². The van der Waals surface area contributed by atoms with E-state index in [1.165, 1.54) is 18.2 Å². The SMILES string of the molecule is Cl.NC1(C(=O)Nc2cccc(C(=O)Nc3cccc(F)c3)c2)CCCC1. The number of rotatable bonds is 4. The molecule has 0 unspecified atom stereocenters. The molecule has 0 atom stereocenters. The first-order valence-corrected chi connectivity index (χ1v) is 8.24. The summed E-state index contributed by atoms with van der Waals surface area (Å²) in [5.74, 6) is -1.04. The Morgan fingerprint density at radius 2 is 1.58 bits per heavy atom. The number of halogens is 2. The molecule has 1 aliphatic carbocycles. The van der Waals surface area contributed by atoms with Gasteiger partial charge >= 0.3 is 0 Å². The van der Waals surface area contributed by atoms with Gasteiger partial charge in [0.05, 0.1) is 5.54 Å². The highest BCUT2D eigenvalue weighted by Gasteiger charge is 2.36. The fraction of sp³-hybridized carbons (Fsp3) is 0.263. The molecular formula is C19H21ClFN3O2. The number of hydrogen-bond donors (Lipinski definition) is 3. The molecule has 26 heavy (non-hydrogen) atoms. The highest BCUT2D eigenvalue weighted by Crippen LogP contribution is 2.28. The van der Waals surface area contributed by atoms with Crippen molar-refractivity contribution in [3.8, 4) is 0 Å². The Labute approximate surface area is 157 Å². The Morgan fingerprint density at radius 3 is 2.23 bits per heavy atom. The first-order chi connectivity index (χ1) is 12.0. The molecule has 0 aliphatic heterocycles. The van der Waals surface area contributed by atoms with Crippen LogP contribution in [0, 0.1) is 5.82 Å². The third kappa shape index (κ3) is 4.59. The lowest BCUT2D eigenvalue weighted by molar-refractivity contribution is -0.121. The van der Waals surface area contributed by atoms with Crippen LogP contribution in [-0.4, -0.2) is 17.4 Å². The summed E-state index contributed by atoms with van der Waals surface area (Å²) >= 11 is 0. The van der Waals surface area contributed by atoms with Gasteiger partial charge in [0, 0.05) is 16.9 Å². The van der Waals surface area contributed by atoms with E-state index in [2.05, 4.69) is 10.6 Å². The van der Waals surface area contributed by atoms with Gasteiger partial charge in [0.15, 0.2) is 0 Å². The molecule has 0 saturated heterocycles. The van der Waals surface area contributed by atoms with Gasteiger partial charge in [0.1, 0.15) is 5.82 Å². The van der Waals surface area contributed by atoms with Crippen molar-refractivity contribution in [2.45, 2.75) is 31.2 Å². The summed E-state index contributed by atoms with van der Waals surface area (Å²) in [6, 6.07) is 12.2. The molecule has 7 heteroatoms. The third-order valence-corrected chi connectivity index (χ3v) is 4.41. The van der Waals surface area contributed by atoms with Crippen LogP contribution in [-0.2, 0) is 4.79 Å². The second kappa shape index (κ2) is 8.29. The lowest BCUT2D eigenvalue weighted by Crippen LogP contribution is -2.48. The van der Waals surface area contributed by atoms with Gasteiger partial charge in [-0.05, 0) is 49.2 Å². The molecule has 0 spiro atoms.